The van der Waals surface area contributed by atoms with Crippen LogP contribution in [0.1, 0.15) is 33.3 Å². The van der Waals surface area contributed by atoms with Gasteiger partial charge in [-0.3, -0.25) is 0 Å². The molecule has 17 heavy (non-hydrogen) atoms. The highest BCUT2D eigenvalue weighted by atomic mass is 15.3. The average molecular weight is 237 g/mol. The number of nitrogens with two attached hydrogens (primary N) is 1. The summed E-state index contributed by atoms with van der Waals surface area (Å²) >= 11 is 0. The van der Waals surface area contributed by atoms with E-state index in [0.717, 1.165) is 17.9 Å². The van der Waals surface area contributed by atoms with E-state index in [1.54, 1.807) is 6.33 Å². The summed E-state index contributed by atoms with van der Waals surface area (Å²) in [5.74, 6) is 7.66. The number of hydrazine groups is 1. The molecule has 0 saturated carbocycles. The van der Waals surface area contributed by atoms with Gasteiger partial charge in [-0.1, -0.05) is 13.8 Å². The zero-order chi connectivity index (χ0) is 13.0. The van der Waals surface area contributed by atoms with Gasteiger partial charge in [0.15, 0.2) is 0 Å². The molecule has 0 aromatic carbocycles. The molecule has 0 amide bonds. The smallest absolute Gasteiger partial charge is 0.148 e. The number of hydrogen-bond acceptors (Lipinski definition) is 5. The molecule has 0 saturated heterocycles. The minimum atomic E-state index is 0.400. The number of anilines is 2. The zero-order valence-electron chi connectivity index (χ0n) is 11.4. The van der Waals surface area contributed by atoms with Crippen LogP contribution in [0.5, 0.6) is 0 Å². The lowest BCUT2D eigenvalue weighted by molar-refractivity contribution is 0.564. The molecule has 0 bridgehead atoms. The van der Waals surface area contributed by atoms with Crippen molar-refractivity contribution in [3.05, 3.63) is 11.9 Å². The lowest BCUT2D eigenvalue weighted by Crippen LogP contribution is -2.35. The Morgan fingerprint density at radius 3 is 2.41 bits per heavy atom. The van der Waals surface area contributed by atoms with Crippen LogP contribution < -0.4 is 16.2 Å². The summed E-state index contributed by atoms with van der Waals surface area (Å²) in [6, 6.07) is 0.400. The molecule has 0 aliphatic rings. The summed E-state index contributed by atoms with van der Waals surface area (Å²) in [5.41, 5.74) is 3.60. The number of nitrogen functional groups attached to an aromatic ring is 1. The van der Waals surface area contributed by atoms with E-state index in [0.29, 0.717) is 17.8 Å². The van der Waals surface area contributed by atoms with E-state index >= 15 is 0 Å². The quantitative estimate of drug-likeness (QED) is 0.605. The predicted octanol–water partition coefficient (Wildman–Crippen LogP) is 1.94. The van der Waals surface area contributed by atoms with Crippen LogP contribution in [-0.2, 0) is 0 Å². The van der Waals surface area contributed by atoms with E-state index in [1.165, 1.54) is 0 Å². The van der Waals surface area contributed by atoms with Gasteiger partial charge in [-0.25, -0.2) is 15.8 Å². The van der Waals surface area contributed by atoms with Crippen molar-refractivity contribution in [2.45, 2.75) is 40.7 Å². The van der Waals surface area contributed by atoms with Gasteiger partial charge in [-0.2, -0.15) is 0 Å². The standard InChI is InChI=1S/C12H23N5/c1-8(2)6-17(9(3)4)12-10(5)11(16-13)14-7-15-12/h7-9H,6,13H2,1-5H3,(H,14,15,16). The Bertz CT molecular complexity index is 362. The van der Waals surface area contributed by atoms with Crippen molar-refractivity contribution in [2.75, 3.05) is 16.9 Å². The van der Waals surface area contributed by atoms with Crippen molar-refractivity contribution in [3.8, 4) is 0 Å². The summed E-state index contributed by atoms with van der Waals surface area (Å²) in [5, 5.41) is 0. The highest BCUT2D eigenvalue weighted by Crippen LogP contribution is 2.24. The Morgan fingerprint density at radius 2 is 1.94 bits per heavy atom. The van der Waals surface area contributed by atoms with Crippen molar-refractivity contribution in [1.29, 1.82) is 0 Å². The summed E-state index contributed by atoms with van der Waals surface area (Å²) in [7, 11) is 0. The van der Waals surface area contributed by atoms with Gasteiger partial charge in [-0.05, 0) is 26.7 Å². The van der Waals surface area contributed by atoms with Crippen LogP contribution in [0.2, 0.25) is 0 Å². The Hall–Kier alpha value is -1.36. The van der Waals surface area contributed by atoms with Crippen LogP contribution >= 0.6 is 0 Å². The maximum Gasteiger partial charge on any atom is 0.148 e. The molecule has 96 valence electrons. The molecule has 5 heteroatoms. The van der Waals surface area contributed by atoms with Crippen LogP contribution in [0, 0.1) is 12.8 Å². The molecule has 0 aliphatic heterocycles. The van der Waals surface area contributed by atoms with Crippen molar-refractivity contribution >= 4 is 11.6 Å². The molecule has 1 aromatic rings. The molecule has 5 nitrogen and oxygen atoms in total. The first-order valence-corrected chi connectivity index (χ1v) is 6.02. The van der Waals surface area contributed by atoms with Gasteiger partial charge in [0, 0.05) is 18.2 Å². The number of aromatic nitrogens is 2. The molecule has 1 heterocycles. The van der Waals surface area contributed by atoms with Crippen LogP contribution in [0.4, 0.5) is 11.6 Å². The van der Waals surface area contributed by atoms with Gasteiger partial charge in [-0.15, -0.1) is 0 Å². The lowest BCUT2D eigenvalue weighted by atomic mass is 10.1. The van der Waals surface area contributed by atoms with Crippen LogP contribution in [-0.4, -0.2) is 22.6 Å². The molecule has 3 N–H and O–H groups in total. The van der Waals surface area contributed by atoms with Gasteiger partial charge >= 0.3 is 0 Å². The summed E-state index contributed by atoms with van der Waals surface area (Å²) in [4.78, 5) is 10.8. The fraction of sp³-hybridized carbons (Fsp3) is 0.667. The third-order valence-electron chi connectivity index (χ3n) is 2.65. The molecule has 0 spiro atoms. The van der Waals surface area contributed by atoms with E-state index in [-0.39, 0.29) is 0 Å². The van der Waals surface area contributed by atoms with Crippen molar-refractivity contribution in [2.24, 2.45) is 11.8 Å². The minimum Gasteiger partial charge on any atom is -0.354 e. The highest BCUT2D eigenvalue weighted by Gasteiger charge is 2.17. The Labute approximate surface area is 103 Å². The number of hydrogen-bond donors (Lipinski definition) is 2. The maximum atomic E-state index is 5.44. The van der Waals surface area contributed by atoms with Crippen molar-refractivity contribution in [1.82, 2.24) is 9.97 Å². The third kappa shape index (κ3) is 3.30. The topological polar surface area (TPSA) is 67.1 Å². The van der Waals surface area contributed by atoms with Crippen molar-refractivity contribution < 1.29 is 0 Å². The molecule has 1 aromatic heterocycles. The van der Waals surface area contributed by atoms with Crippen LogP contribution in [0.15, 0.2) is 6.33 Å². The fourth-order valence-corrected chi connectivity index (χ4v) is 1.81. The first kappa shape index (κ1) is 13.7. The molecule has 0 radical (unpaired) electrons. The van der Waals surface area contributed by atoms with Crippen LogP contribution in [0.3, 0.4) is 0 Å². The van der Waals surface area contributed by atoms with Gasteiger partial charge < -0.3 is 10.3 Å². The zero-order valence-corrected chi connectivity index (χ0v) is 11.4. The minimum absolute atomic E-state index is 0.400. The second kappa shape index (κ2) is 5.82. The monoisotopic (exact) mass is 237 g/mol. The van der Waals surface area contributed by atoms with E-state index in [4.69, 9.17) is 5.84 Å². The van der Waals surface area contributed by atoms with E-state index in [2.05, 4.69) is 48.0 Å². The Kier molecular flexibility index (Phi) is 4.69. The van der Waals surface area contributed by atoms with E-state index in [9.17, 15) is 0 Å². The van der Waals surface area contributed by atoms with E-state index in [1.807, 2.05) is 6.92 Å². The van der Waals surface area contributed by atoms with Gasteiger partial charge in [0.1, 0.15) is 18.0 Å². The van der Waals surface area contributed by atoms with Gasteiger partial charge in [0.05, 0.1) is 0 Å². The summed E-state index contributed by atoms with van der Waals surface area (Å²) in [6.07, 6.45) is 1.55. The molecule has 0 fully saturated rings. The lowest BCUT2D eigenvalue weighted by Gasteiger charge is -2.31. The van der Waals surface area contributed by atoms with Crippen LogP contribution in [0.25, 0.3) is 0 Å². The molecule has 0 unspecified atom stereocenters. The second-order valence-corrected chi connectivity index (χ2v) is 4.96. The Balaban J connectivity index is 3.09. The predicted molar refractivity (Wildman–Crippen MR) is 71.9 cm³/mol. The SMILES string of the molecule is Cc1c(NN)ncnc1N(CC(C)C)C(C)C. The van der Waals surface area contributed by atoms with Gasteiger partial charge in [0.25, 0.3) is 0 Å². The third-order valence-corrected chi connectivity index (χ3v) is 2.65. The average Bonchev–Trinajstić information content (AvgIpc) is 2.26. The first-order chi connectivity index (χ1) is 7.97. The number of rotatable bonds is 5. The molecule has 0 aliphatic carbocycles. The first-order valence-electron chi connectivity index (χ1n) is 6.02. The molecular formula is C12H23N5. The Morgan fingerprint density at radius 1 is 1.29 bits per heavy atom. The number of nitrogens with zero attached hydrogens (tertiary/aromatic N) is 3. The van der Waals surface area contributed by atoms with Crippen molar-refractivity contribution in [3.63, 3.8) is 0 Å². The fourth-order valence-electron chi connectivity index (χ4n) is 1.81. The molecule has 1 rings (SSSR count). The molecule has 0 atom stereocenters. The maximum absolute atomic E-state index is 5.44. The highest BCUT2D eigenvalue weighted by molar-refractivity contribution is 5.57. The normalized spacial score (nSPS) is 11.1. The van der Waals surface area contributed by atoms with Gasteiger partial charge in [0.2, 0.25) is 0 Å². The molecular weight excluding hydrogens is 214 g/mol. The summed E-state index contributed by atoms with van der Waals surface area (Å²) in [6.45, 7) is 11.7. The second-order valence-electron chi connectivity index (χ2n) is 4.96. The summed E-state index contributed by atoms with van der Waals surface area (Å²) < 4.78 is 0. The number of nitrogens with one attached hydrogen (secondary N) is 1. The largest absolute Gasteiger partial charge is 0.354 e. The van der Waals surface area contributed by atoms with E-state index < -0.39 is 0 Å².